The number of ether oxygens (including phenoxy) is 1. The largest absolute Gasteiger partial charge is 0.365 e. The van der Waals surface area contributed by atoms with Crippen molar-refractivity contribution in [3.05, 3.63) is 92.3 Å². The van der Waals surface area contributed by atoms with Crippen molar-refractivity contribution in [2.75, 3.05) is 6.61 Å². The second kappa shape index (κ2) is 7.11. The second-order valence-corrected chi connectivity index (χ2v) is 7.67. The van der Waals surface area contributed by atoms with Crippen LogP contribution in [-0.2, 0) is 25.4 Å². The molecule has 7 heteroatoms. The maximum atomic E-state index is 13.3. The van der Waals surface area contributed by atoms with E-state index in [9.17, 15) is 9.59 Å². The minimum atomic E-state index is -0.459. The third-order valence-electron chi connectivity index (χ3n) is 5.94. The van der Waals surface area contributed by atoms with Gasteiger partial charge in [-0.15, -0.1) is 0 Å². The molecule has 0 radical (unpaired) electrons. The van der Waals surface area contributed by atoms with Crippen molar-refractivity contribution in [1.29, 1.82) is 5.26 Å². The zero-order valence-corrected chi connectivity index (χ0v) is 17.2. The van der Waals surface area contributed by atoms with Crippen LogP contribution in [0, 0.1) is 11.3 Å². The zero-order valence-electron chi connectivity index (χ0n) is 17.2. The fraction of sp³-hybridized carbons (Fsp3) is 0.208. The quantitative estimate of drug-likeness (QED) is 0.507. The van der Waals surface area contributed by atoms with Gasteiger partial charge < -0.3 is 9.30 Å². The Hall–Kier alpha value is -3.89. The molecule has 3 heterocycles. The van der Waals surface area contributed by atoms with Gasteiger partial charge in [0.05, 0.1) is 40.5 Å². The molecule has 2 aromatic carbocycles. The highest BCUT2D eigenvalue weighted by atomic mass is 16.5. The van der Waals surface area contributed by atoms with Gasteiger partial charge in [0.15, 0.2) is 0 Å². The minimum absolute atomic E-state index is 0.322. The van der Waals surface area contributed by atoms with Gasteiger partial charge in [-0.2, -0.15) is 5.26 Å². The third kappa shape index (κ3) is 2.76. The van der Waals surface area contributed by atoms with Crippen LogP contribution in [0.25, 0.3) is 22.2 Å². The molecule has 0 N–H and O–H groups in total. The molecule has 7 nitrogen and oxygen atoms in total. The highest BCUT2D eigenvalue weighted by Crippen LogP contribution is 2.40. The number of aromatic nitrogens is 3. The molecule has 0 saturated carbocycles. The summed E-state index contributed by atoms with van der Waals surface area (Å²) >= 11 is 0. The van der Waals surface area contributed by atoms with Crippen molar-refractivity contribution < 1.29 is 4.74 Å². The summed E-state index contributed by atoms with van der Waals surface area (Å²) < 4.78 is 10.9. The Balaban J connectivity index is 1.91. The van der Waals surface area contributed by atoms with E-state index >= 15 is 0 Å². The van der Waals surface area contributed by atoms with E-state index in [0.717, 1.165) is 27.1 Å². The predicted molar refractivity (Wildman–Crippen MR) is 117 cm³/mol. The molecule has 1 atom stereocenters. The van der Waals surface area contributed by atoms with Gasteiger partial charge >= 0.3 is 5.69 Å². The van der Waals surface area contributed by atoms with Gasteiger partial charge in [-0.1, -0.05) is 42.5 Å². The molecule has 1 aliphatic heterocycles. The van der Waals surface area contributed by atoms with Crippen LogP contribution in [-0.4, -0.2) is 20.3 Å². The first-order valence-electron chi connectivity index (χ1n) is 10.0. The lowest BCUT2D eigenvalue weighted by molar-refractivity contribution is 0.0478. The fourth-order valence-corrected chi connectivity index (χ4v) is 4.46. The summed E-state index contributed by atoms with van der Waals surface area (Å²) in [7, 11) is 3.19. The van der Waals surface area contributed by atoms with Crippen LogP contribution < -0.4 is 11.2 Å². The van der Waals surface area contributed by atoms with Crippen LogP contribution in [0.2, 0.25) is 0 Å². The summed E-state index contributed by atoms with van der Waals surface area (Å²) in [5, 5.41) is 9.64. The number of fused-ring (bicyclic) bond motifs is 3. The van der Waals surface area contributed by atoms with Crippen LogP contribution in [0.3, 0.4) is 0 Å². The molecule has 1 aliphatic rings. The number of aryl methyl sites for hydroxylation is 1. The SMILES string of the molecule is Cn1c(=O)c2c(-c3ccccc3)n3c(c2n(C)c1=O)[C@H](c1ccc(C#N)cc1)OCC3. The maximum Gasteiger partial charge on any atom is 0.331 e. The van der Waals surface area contributed by atoms with E-state index in [4.69, 9.17) is 10.00 Å². The molecule has 2 aromatic heterocycles. The minimum Gasteiger partial charge on any atom is -0.365 e. The molecular weight excluding hydrogens is 392 g/mol. The molecule has 4 aromatic rings. The number of nitrogens with zero attached hydrogens (tertiary/aromatic N) is 4. The molecule has 31 heavy (non-hydrogen) atoms. The molecule has 0 spiro atoms. The van der Waals surface area contributed by atoms with Crippen molar-refractivity contribution in [2.24, 2.45) is 14.1 Å². The van der Waals surface area contributed by atoms with E-state index in [-0.39, 0.29) is 11.2 Å². The highest BCUT2D eigenvalue weighted by molar-refractivity contribution is 5.96. The average Bonchev–Trinajstić information content (AvgIpc) is 3.17. The molecule has 0 aliphatic carbocycles. The fourth-order valence-electron chi connectivity index (χ4n) is 4.46. The van der Waals surface area contributed by atoms with E-state index in [1.54, 1.807) is 19.2 Å². The molecule has 154 valence electrons. The molecule has 0 fully saturated rings. The van der Waals surface area contributed by atoms with E-state index in [1.165, 1.54) is 11.6 Å². The van der Waals surface area contributed by atoms with Crippen LogP contribution in [0.1, 0.15) is 22.9 Å². The topological polar surface area (TPSA) is 82.0 Å². The van der Waals surface area contributed by atoms with E-state index < -0.39 is 6.10 Å². The van der Waals surface area contributed by atoms with Gasteiger partial charge in [-0.3, -0.25) is 13.9 Å². The average molecular weight is 412 g/mol. The lowest BCUT2D eigenvalue weighted by Gasteiger charge is -2.27. The number of hydrogen-bond donors (Lipinski definition) is 0. The zero-order chi connectivity index (χ0) is 21.7. The Labute approximate surface area is 178 Å². The van der Waals surface area contributed by atoms with Gasteiger partial charge in [0, 0.05) is 20.6 Å². The number of nitriles is 1. The van der Waals surface area contributed by atoms with Crippen molar-refractivity contribution in [3.63, 3.8) is 0 Å². The summed E-state index contributed by atoms with van der Waals surface area (Å²) in [4.78, 5) is 26.1. The third-order valence-corrected chi connectivity index (χ3v) is 5.94. The normalized spacial score (nSPS) is 15.6. The van der Waals surface area contributed by atoms with Crippen molar-refractivity contribution in [3.8, 4) is 17.3 Å². The Morgan fingerprint density at radius 3 is 2.39 bits per heavy atom. The lowest BCUT2D eigenvalue weighted by atomic mass is 10.0. The first-order valence-corrected chi connectivity index (χ1v) is 10.0. The maximum absolute atomic E-state index is 13.3. The Morgan fingerprint density at radius 2 is 1.71 bits per heavy atom. The number of benzene rings is 2. The molecule has 0 amide bonds. The molecule has 0 saturated heterocycles. The first-order chi connectivity index (χ1) is 15.0. The number of hydrogen-bond acceptors (Lipinski definition) is 4. The lowest BCUT2D eigenvalue weighted by Crippen LogP contribution is -2.37. The summed E-state index contributed by atoms with van der Waals surface area (Å²) in [5.74, 6) is 0. The van der Waals surface area contributed by atoms with Gasteiger partial charge in [0.25, 0.3) is 5.56 Å². The van der Waals surface area contributed by atoms with E-state index in [2.05, 4.69) is 10.6 Å². The monoisotopic (exact) mass is 412 g/mol. The van der Waals surface area contributed by atoms with Crippen LogP contribution in [0.5, 0.6) is 0 Å². The predicted octanol–water partition coefficient (Wildman–Crippen LogP) is 2.70. The van der Waals surface area contributed by atoms with E-state index in [0.29, 0.717) is 29.6 Å². The summed E-state index contributed by atoms with van der Waals surface area (Å²) in [6.45, 7) is 1.03. The molecular formula is C24H20N4O3. The second-order valence-electron chi connectivity index (χ2n) is 7.67. The van der Waals surface area contributed by atoms with Crippen LogP contribution in [0.4, 0.5) is 0 Å². The van der Waals surface area contributed by atoms with Crippen LogP contribution in [0.15, 0.2) is 64.2 Å². The summed E-state index contributed by atoms with van der Waals surface area (Å²) in [6, 6.07) is 19.1. The Kier molecular flexibility index (Phi) is 4.38. The number of rotatable bonds is 2. The van der Waals surface area contributed by atoms with Gasteiger partial charge in [0.2, 0.25) is 0 Å². The van der Waals surface area contributed by atoms with Crippen LogP contribution >= 0.6 is 0 Å². The van der Waals surface area contributed by atoms with E-state index in [1.807, 2.05) is 42.5 Å². The van der Waals surface area contributed by atoms with Crippen molar-refractivity contribution >= 4 is 10.9 Å². The Bertz CT molecular complexity index is 1470. The van der Waals surface area contributed by atoms with Gasteiger partial charge in [-0.05, 0) is 23.3 Å². The highest BCUT2D eigenvalue weighted by Gasteiger charge is 2.32. The first kappa shape index (κ1) is 19.1. The molecule has 0 unspecified atom stereocenters. The summed E-state index contributed by atoms with van der Waals surface area (Å²) in [5.41, 5.74) is 3.80. The smallest absolute Gasteiger partial charge is 0.331 e. The van der Waals surface area contributed by atoms with Gasteiger partial charge in [-0.25, -0.2) is 4.79 Å². The van der Waals surface area contributed by atoms with Crippen molar-refractivity contribution in [2.45, 2.75) is 12.6 Å². The summed E-state index contributed by atoms with van der Waals surface area (Å²) in [6.07, 6.45) is -0.459. The van der Waals surface area contributed by atoms with Crippen molar-refractivity contribution in [1.82, 2.24) is 13.7 Å². The standard InChI is InChI=1S/C24H20N4O3/c1-26-20-18(23(29)27(2)24(26)30)19(16-6-4-3-5-7-16)28-12-13-31-22(21(20)28)17-10-8-15(14-25)9-11-17/h3-11,22H,12-13H2,1-2H3/t22-/m0/s1. The van der Waals surface area contributed by atoms with Gasteiger partial charge in [0.1, 0.15) is 6.10 Å². The molecule has 5 rings (SSSR count). The Morgan fingerprint density at radius 1 is 1.00 bits per heavy atom. The molecule has 0 bridgehead atoms.